The van der Waals surface area contributed by atoms with Crippen molar-refractivity contribution in [3.05, 3.63) is 67.1 Å². The summed E-state index contributed by atoms with van der Waals surface area (Å²) in [5.41, 5.74) is 2.22. The maximum absolute atomic E-state index is 9.55. The number of hydrogen-bond donors (Lipinski definition) is 2. The van der Waals surface area contributed by atoms with Crippen LogP contribution >= 0.6 is 0 Å². The van der Waals surface area contributed by atoms with Crippen LogP contribution in [0.2, 0.25) is 0 Å². The molecular weight excluding hydrogens is 348 g/mol. The van der Waals surface area contributed by atoms with Crippen LogP contribution in [0.15, 0.2) is 67.1 Å². The minimum absolute atomic E-state index is 0.558. The van der Waals surface area contributed by atoms with Crippen molar-refractivity contribution in [2.75, 3.05) is 11.6 Å². The molecule has 0 fully saturated rings. The molecule has 0 saturated carbocycles. The van der Waals surface area contributed by atoms with E-state index in [0.29, 0.717) is 12.2 Å². The van der Waals surface area contributed by atoms with Crippen LogP contribution in [0.1, 0.15) is 13.3 Å². The monoisotopic (exact) mass is 368 g/mol. The summed E-state index contributed by atoms with van der Waals surface area (Å²) in [5.74, 6) is -2.51. The molecule has 0 aliphatic carbocycles. The van der Waals surface area contributed by atoms with E-state index in [1.165, 1.54) is 0 Å². The molecule has 3 aromatic rings. The van der Waals surface area contributed by atoms with E-state index in [1.54, 1.807) is 0 Å². The fourth-order valence-electron chi connectivity index (χ4n) is 2.35. The van der Waals surface area contributed by atoms with E-state index >= 15 is 0 Å². The number of carboxylic acids is 2. The first-order valence-corrected chi connectivity index (χ1v) is 8.27. The Morgan fingerprint density at radius 2 is 1.70 bits per heavy atom. The predicted octanol–water partition coefficient (Wildman–Crippen LogP) is 2.82. The van der Waals surface area contributed by atoms with Gasteiger partial charge in [-0.05, 0) is 24.6 Å². The molecule has 0 amide bonds. The summed E-state index contributed by atoms with van der Waals surface area (Å²) < 4.78 is 0. The van der Waals surface area contributed by atoms with E-state index in [4.69, 9.17) is 10.2 Å². The summed E-state index contributed by atoms with van der Waals surface area (Å²) in [5, 5.41) is 23.5. The summed E-state index contributed by atoms with van der Waals surface area (Å²) in [6.07, 6.45) is 7.69. The summed E-state index contributed by atoms with van der Waals surface area (Å²) >= 11 is 0. The van der Waals surface area contributed by atoms with Gasteiger partial charge in [-0.25, -0.2) is 9.59 Å². The Balaban J connectivity index is 0.000000279. The molecule has 0 saturated heterocycles. The fraction of sp³-hybridized carbons (Fsp3) is 0.158. The van der Waals surface area contributed by atoms with Crippen LogP contribution in [-0.4, -0.2) is 43.6 Å². The molecule has 140 valence electrons. The van der Waals surface area contributed by atoms with Crippen LogP contribution in [0.25, 0.3) is 10.9 Å². The molecule has 1 aromatic carbocycles. The smallest absolute Gasteiger partial charge is 0.328 e. The zero-order valence-electron chi connectivity index (χ0n) is 14.8. The number of benzene rings is 1. The molecule has 0 aliphatic heterocycles. The highest BCUT2D eigenvalue weighted by atomic mass is 16.4. The quantitative estimate of drug-likeness (QED) is 0.644. The Kier molecular flexibility index (Phi) is 7.07. The molecule has 2 aromatic heterocycles. The number of carbonyl (C=O) groups is 2. The Labute approximate surface area is 156 Å². The second kappa shape index (κ2) is 9.71. The number of aromatic nitrogens is 3. The lowest BCUT2D eigenvalue weighted by atomic mass is 10.3. The molecule has 2 heterocycles. The topological polar surface area (TPSA) is 109 Å². The molecule has 27 heavy (non-hydrogen) atoms. The minimum atomic E-state index is -1.26. The average molecular weight is 368 g/mol. The number of hydrogen-bond acceptors (Lipinski definition) is 5. The lowest BCUT2D eigenvalue weighted by Gasteiger charge is -2.24. The maximum Gasteiger partial charge on any atom is 0.328 e. The number of rotatable bonds is 6. The van der Waals surface area contributed by atoms with Gasteiger partial charge in [0.1, 0.15) is 0 Å². The molecule has 0 spiro atoms. The first kappa shape index (κ1) is 19.6. The molecule has 0 atom stereocenters. The van der Waals surface area contributed by atoms with E-state index in [-0.39, 0.29) is 0 Å². The van der Waals surface area contributed by atoms with Gasteiger partial charge < -0.3 is 10.2 Å². The summed E-state index contributed by atoms with van der Waals surface area (Å²) in [6.45, 7) is 3.08. The largest absolute Gasteiger partial charge is 0.478 e. The van der Waals surface area contributed by atoms with Gasteiger partial charge in [0.05, 0.1) is 17.4 Å². The Bertz CT molecular complexity index is 906. The lowest BCUT2D eigenvalue weighted by Crippen LogP contribution is -2.31. The SMILES string of the molecule is CCCN(c1ccncc1)n1ncc2ccccc21.O=C(O)/C=C/C(=O)O. The van der Waals surface area contributed by atoms with E-state index in [9.17, 15) is 9.59 Å². The van der Waals surface area contributed by atoms with Crippen LogP contribution in [0.3, 0.4) is 0 Å². The van der Waals surface area contributed by atoms with Gasteiger partial charge in [0.25, 0.3) is 0 Å². The van der Waals surface area contributed by atoms with Crippen LogP contribution in [0.4, 0.5) is 5.69 Å². The number of aliphatic carboxylic acids is 2. The highest BCUT2D eigenvalue weighted by Gasteiger charge is 2.11. The first-order valence-electron chi connectivity index (χ1n) is 8.27. The van der Waals surface area contributed by atoms with Crippen LogP contribution < -0.4 is 5.01 Å². The number of para-hydroxylation sites is 1. The van der Waals surface area contributed by atoms with Gasteiger partial charge >= 0.3 is 11.9 Å². The van der Waals surface area contributed by atoms with Gasteiger partial charge in [0.15, 0.2) is 0 Å². The number of fused-ring (bicyclic) bond motifs is 1. The van der Waals surface area contributed by atoms with Crippen molar-refractivity contribution in [3.8, 4) is 0 Å². The Morgan fingerprint density at radius 3 is 2.30 bits per heavy atom. The first-order chi connectivity index (χ1) is 13.0. The highest BCUT2D eigenvalue weighted by molar-refractivity contribution is 5.89. The van der Waals surface area contributed by atoms with Crippen LogP contribution in [-0.2, 0) is 9.59 Å². The normalized spacial score (nSPS) is 10.4. The van der Waals surface area contributed by atoms with E-state index in [1.807, 2.05) is 47.6 Å². The van der Waals surface area contributed by atoms with Crippen molar-refractivity contribution >= 4 is 28.5 Å². The summed E-state index contributed by atoms with van der Waals surface area (Å²) in [6, 6.07) is 12.3. The molecule has 0 unspecified atom stereocenters. The van der Waals surface area contributed by atoms with Gasteiger partial charge in [-0.15, -0.1) is 0 Å². The molecule has 8 nitrogen and oxygen atoms in total. The molecular formula is C19H20N4O4. The molecule has 3 rings (SSSR count). The Morgan fingerprint density at radius 1 is 1.07 bits per heavy atom. The van der Waals surface area contributed by atoms with Crippen molar-refractivity contribution < 1.29 is 19.8 Å². The number of anilines is 1. The highest BCUT2D eigenvalue weighted by Crippen LogP contribution is 2.19. The predicted molar refractivity (Wildman–Crippen MR) is 101 cm³/mol. The molecule has 2 N–H and O–H groups in total. The van der Waals surface area contributed by atoms with Gasteiger partial charge in [-0.2, -0.15) is 9.89 Å². The van der Waals surface area contributed by atoms with Gasteiger partial charge in [-0.1, -0.05) is 25.1 Å². The standard InChI is InChI=1S/C15H16N4.C4H4O4/c1-2-11-18(14-7-9-16-10-8-14)19-15-6-4-3-5-13(15)12-17-19;5-3(6)1-2-4(7)8/h3-10,12H,2,11H2,1H3;1-2H,(H,5,6)(H,7,8)/b;2-1+. The second-order valence-corrected chi connectivity index (χ2v) is 5.43. The van der Waals surface area contributed by atoms with Crippen LogP contribution in [0.5, 0.6) is 0 Å². The number of carboxylic acid groups (broad SMARTS) is 2. The van der Waals surface area contributed by atoms with Crippen molar-refractivity contribution in [3.63, 3.8) is 0 Å². The number of nitrogens with zero attached hydrogens (tertiary/aromatic N) is 4. The second-order valence-electron chi connectivity index (χ2n) is 5.43. The van der Waals surface area contributed by atoms with Crippen molar-refractivity contribution in [1.29, 1.82) is 0 Å². The molecule has 0 radical (unpaired) electrons. The number of pyridine rings is 1. The third-order valence-corrected chi connectivity index (χ3v) is 3.45. The zero-order valence-corrected chi connectivity index (χ0v) is 14.8. The average Bonchev–Trinajstić information content (AvgIpc) is 3.09. The summed E-state index contributed by atoms with van der Waals surface area (Å²) in [4.78, 5) is 25.1. The van der Waals surface area contributed by atoms with Crippen molar-refractivity contribution in [1.82, 2.24) is 14.9 Å². The van der Waals surface area contributed by atoms with Crippen molar-refractivity contribution in [2.24, 2.45) is 0 Å². The van der Waals surface area contributed by atoms with Crippen LogP contribution in [0, 0.1) is 0 Å². The zero-order chi connectivity index (χ0) is 19.6. The van der Waals surface area contributed by atoms with Gasteiger partial charge in [0, 0.05) is 36.5 Å². The van der Waals surface area contributed by atoms with Gasteiger partial charge in [0.2, 0.25) is 0 Å². The van der Waals surface area contributed by atoms with E-state index < -0.39 is 11.9 Å². The van der Waals surface area contributed by atoms with Gasteiger partial charge in [-0.3, -0.25) is 9.99 Å². The molecule has 8 heteroatoms. The molecule has 0 bridgehead atoms. The van der Waals surface area contributed by atoms with E-state index in [2.05, 4.69) is 34.1 Å². The van der Waals surface area contributed by atoms with E-state index in [0.717, 1.165) is 29.6 Å². The summed E-state index contributed by atoms with van der Waals surface area (Å²) in [7, 11) is 0. The maximum atomic E-state index is 9.55. The Hall–Kier alpha value is -3.68. The fourth-order valence-corrected chi connectivity index (χ4v) is 2.35. The molecule has 0 aliphatic rings. The third kappa shape index (κ3) is 5.67. The lowest BCUT2D eigenvalue weighted by molar-refractivity contribution is -0.134. The van der Waals surface area contributed by atoms with Crippen molar-refractivity contribution in [2.45, 2.75) is 13.3 Å². The third-order valence-electron chi connectivity index (χ3n) is 3.45. The minimum Gasteiger partial charge on any atom is -0.478 e.